The van der Waals surface area contributed by atoms with Gasteiger partial charge in [0.2, 0.25) is 5.13 Å². The molecule has 2 heterocycles. The zero-order valence-electron chi connectivity index (χ0n) is 18.9. The van der Waals surface area contributed by atoms with E-state index in [-0.39, 0.29) is 18.4 Å². The van der Waals surface area contributed by atoms with Crippen molar-refractivity contribution in [3.63, 3.8) is 0 Å². The SMILES string of the molecule is CCCCCc1nnc(NC(=O)c2ccc(OCC(=O)N3CCCCC3)c(OCC)c2)s1. The molecule has 1 N–H and O–H groups in total. The average molecular weight is 461 g/mol. The van der Waals surface area contributed by atoms with E-state index in [1.807, 2.05) is 11.8 Å². The lowest BCUT2D eigenvalue weighted by Crippen LogP contribution is -2.38. The quantitative estimate of drug-likeness (QED) is 0.502. The van der Waals surface area contributed by atoms with Gasteiger partial charge in [-0.2, -0.15) is 0 Å². The fourth-order valence-electron chi connectivity index (χ4n) is 3.51. The van der Waals surface area contributed by atoms with Crippen molar-refractivity contribution in [2.24, 2.45) is 0 Å². The van der Waals surface area contributed by atoms with Crippen LogP contribution in [0.15, 0.2) is 18.2 Å². The van der Waals surface area contributed by atoms with Crippen molar-refractivity contribution in [1.82, 2.24) is 15.1 Å². The molecule has 1 fully saturated rings. The smallest absolute Gasteiger partial charge is 0.260 e. The number of hydrogen-bond acceptors (Lipinski definition) is 7. The van der Waals surface area contributed by atoms with Gasteiger partial charge in [0.25, 0.3) is 11.8 Å². The summed E-state index contributed by atoms with van der Waals surface area (Å²) in [5.74, 6) is 0.560. The number of likely N-dealkylation sites (tertiary alicyclic amines) is 1. The molecule has 0 radical (unpaired) electrons. The molecule has 0 bridgehead atoms. The van der Waals surface area contributed by atoms with E-state index in [1.165, 1.54) is 17.8 Å². The van der Waals surface area contributed by atoms with Crippen LogP contribution in [0.25, 0.3) is 0 Å². The van der Waals surface area contributed by atoms with Crippen LogP contribution in [0, 0.1) is 0 Å². The third kappa shape index (κ3) is 6.91. The summed E-state index contributed by atoms with van der Waals surface area (Å²) in [6.45, 7) is 5.95. The number of nitrogens with zero attached hydrogens (tertiary/aromatic N) is 3. The van der Waals surface area contributed by atoms with Crippen LogP contribution in [-0.2, 0) is 11.2 Å². The van der Waals surface area contributed by atoms with Crippen molar-refractivity contribution in [3.8, 4) is 11.5 Å². The second-order valence-corrected chi connectivity index (χ2v) is 8.80. The number of ether oxygens (including phenoxy) is 2. The molecule has 2 aromatic rings. The highest BCUT2D eigenvalue weighted by Gasteiger charge is 2.19. The number of aromatic nitrogens is 2. The third-order valence-corrected chi connectivity index (χ3v) is 6.15. The molecule has 32 heavy (non-hydrogen) atoms. The van der Waals surface area contributed by atoms with Gasteiger partial charge in [-0.3, -0.25) is 14.9 Å². The molecule has 0 aliphatic carbocycles. The van der Waals surface area contributed by atoms with E-state index in [1.54, 1.807) is 18.2 Å². The summed E-state index contributed by atoms with van der Waals surface area (Å²) >= 11 is 1.40. The van der Waals surface area contributed by atoms with Gasteiger partial charge < -0.3 is 14.4 Å². The molecule has 1 aromatic carbocycles. The molecule has 1 aromatic heterocycles. The molecule has 0 spiro atoms. The monoisotopic (exact) mass is 460 g/mol. The van der Waals surface area contributed by atoms with Crippen LogP contribution < -0.4 is 14.8 Å². The molecule has 174 valence electrons. The lowest BCUT2D eigenvalue weighted by atomic mass is 10.1. The summed E-state index contributed by atoms with van der Waals surface area (Å²) in [5.41, 5.74) is 0.422. The van der Waals surface area contributed by atoms with Crippen molar-refractivity contribution >= 4 is 28.3 Å². The number of carbonyl (C=O) groups excluding carboxylic acids is 2. The molecule has 1 aliphatic heterocycles. The fraction of sp³-hybridized carbons (Fsp3) is 0.565. The highest BCUT2D eigenvalue weighted by Crippen LogP contribution is 2.29. The van der Waals surface area contributed by atoms with Crippen LogP contribution in [0.3, 0.4) is 0 Å². The minimum absolute atomic E-state index is 0.0278. The predicted molar refractivity (Wildman–Crippen MR) is 125 cm³/mol. The Morgan fingerprint density at radius 1 is 1.06 bits per heavy atom. The second kappa shape index (κ2) is 12.4. The van der Waals surface area contributed by atoms with Gasteiger partial charge in [0.1, 0.15) is 5.01 Å². The maximum Gasteiger partial charge on any atom is 0.260 e. The maximum atomic E-state index is 12.7. The lowest BCUT2D eigenvalue weighted by Gasteiger charge is -2.26. The lowest BCUT2D eigenvalue weighted by molar-refractivity contribution is -0.134. The average Bonchev–Trinajstić information content (AvgIpc) is 3.26. The van der Waals surface area contributed by atoms with Gasteiger partial charge in [-0.15, -0.1) is 10.2 Å². The van der Waals surface area contributed by atoms with Crippen LogP contribution in [0.4, 0.5) is 5.13 Å². The molecule has 2 amide bonds. The number of unbranched alkanes of at least 4 members (excludes halogenated alkanes) is 2. The molecule has 0 atom stereocenters. The molecule has 3 rings (SSSR count). The van der Waals surface area contributed by atoms with E-state index >= 15 is 0 Å². The minimum Gasteiger partial charge on any atom is -0.490 e. The first-order chi connectivity index (χ1) is 15.6. The largest absolute Gasteiger partial charge is 0.490 e. The van der Waals surface area contributed by atoms with Crippen molar-refractivity contribution < 1.29 is 19.1 Å². The van der Waals surface area contributed by atoms with Crippen LogP contribution in [-0.4, -0.2) is 53.2 Å². The van der Waals surface area contributed by atoms with Crippen LogP contribution in [0.5, 0.6) is 11.5 Å². The number of anilines is 1. The first-order valence-electron chi connectivity index (χ1n) is 11.4. The second-order valence-electron chi connectivity index (χ2n) is 7.74. The Morgan fingerprint density at radius 3 is 2.62 bits per heavy atom. The van der Waals surface area contributed by atoms with Crippen molar-refractivity contribution in [2.75, 3.05) is 31.6 Å². The Kier molecular flexibility index (Phi) is 9.27. The summed E-state index contributed by atoms with van der Waals surface area (Å²) in [6.07, 6.45) is 7.48. The summed E-state index contributed by atoms with van der Waals surface area (Å²) in [5, 5.41) is 12.4. The van der Waals surface area contributed by atoms with E-state index in [2.05, 4.69) is 22.4 Å². The van der Waals surface area contributed by atoms with Crippen molar-refractivity contribution in [1.29, 1.82) is 0 Å². The first-order valence-corrected chi connectivity index (χ1v) is 12.2. The van der Waals surface area contributed by atoms with Gasteiger partial charge in [-0.05, 0) is 50.8 Å². The number of amides is 2. The zero-order valence-corrected chi connectivity index (χ0v) is 19.7. The first kappa shape index (κ1) is 24.0. The molecule has 1 saturated heterocycles. The number of carbonyl (C=O) groups is 2. The maximum absolute atomic E-state index is 12.7. The summed E-state index contributed by atoms with van der Waals surface area (Å²) < 4.78 is 11.4. The van der Waals surface area contributed by atoms with Crippen molar-refractivity contribution in [2.45, 2.75) is 58.8 Å². The Hall–Kier alpha value is -2.68. The van der Waals surface area contributed by atoms with E-state index in [9.17, 15) is 9.59 Å². The van der Waals surface area contributed by atoms with Gasteiger partial charge in [0.05, 0.1) is 6.61 Å². The molecular weight excluding hydrogens is 428 g/mol. The van der Waals surface area contributed by atoms with E-state index in [0.717, 1.165) is 56.6 Å². The van der Waals surface area contributed by atoms with Gasteiger partial charge in [-0.25, -0.2) is 0 Å². The number of benzene rings is 1. The Bertz CT molecular complexity index is 896. The number of hydrogen-bond donors (Lipinski definition) is 1. The highest BCUT2D eigenvalue weighted by atomic mass is 32.1. The molecule has 0 unspecified atom stereocenters. The number of nitrogens with one attached hydrogen (secondary N) is 1. The van der Waals surface area contributed by atoms with Gasteiger partial charge >= 0.3 is 0 Å². The number of rotatable bonds is 11. The fourth-order valence-corrected chi connectivity index (χ4v) is 4.29. The standard InChI is InChI=1S/C23H32N4O4S/c1-3-5-7-10-20-25-26-23(32-20)24-22(29)17-11-12-18(19(15-17)30-4-2)31-16-21(28)27-13-8-6-9-14-27/h11-12,15H,3-10,13-14,16H2,1-2H3,(H,24,26,29). The molecule has 1 aliphatic rings. The summed E-state index contributed by atoms with van der Waals surface area (Å²) in [6, 6.07) is 4.95. The van der Waals surface area contributed by atoms with Gasteiger partial charge in [0.15, 0.2) is 18.1 Å². The van der Waals surface area contributed by atoms with Crippen molar-refractivity contribution in [3.05, 3.63) is 28.8 Å². The number of piperidine rings is 1. The predicted octanol–water partition coefficient (Wildman–Crippen LogP) is 4.31. The minimum atomic E-state index is -0.293. The summed E-state index contributed by atoms with van der Waals surface area (Å²) in [4.78, 5) is 26.9. The van der Waals surface area contributed by atoms with Gasteiger partial charge in [0, 0.05) is 25.1 Å². The molecule has 0 saturated carbocycles. The van der Waals surface area contributed by atoms with E-state index < -0.39 is 0 Å². The Balaban J connectivity index is 1.60. The summed E-state index contributed by atoms with van der Waals surface area (Å²) in [7, 11) is 0. The normalized spacial score (nSPS) is 13.6. The number of aryl methyl sites for hydroxylation is 1. The molecular formula is C23H32N4O4S. The van der Waals surface area contributed by atoms with E-state index in [4.69, 9.17) is 9.47 Å². The molecule has 9 heteroatoms. The highest BCUT2D eigenvalue weighted by molar-refractivity contribution is 7.15. The zero-order chi connectivity index (χ0) is 22.8. The van der Waals surface area contributed by atoms with Crippen LogP contribution in [0.1, 0.15) is 67.7 Å². The topological polar surface area (TPSA) is 93.7 Å². The van der Waals surface area contributed by atoms with E-state index in [0.29, 0.717) is 28.8 Å². The van der Waals surface area contributed by atoms with Crippen LogP contribution in [0.2, 0.25) is 0 Å². The van der Waals surface area contributed by atoms with Gasteiger partial charge in [-0.1, -0.05) is 31.1 Å². The Labute approximate surface area is 193 Å². The Morgan fingerprint density at radius 2 is 1.88 bits per heavy atom. The third-order valence-electron chi connectivity index (χ3n) is 5.25. The molecule has 8 nitrogen and oxygen atoms in total. The van der Waals surface area contributed by atoms with Crippen LogP contribution >= 0.6 is 11.3 Å².